The van der Waals surface area contributed by atoms with Gasteiger partial charge >= 0.3 is 5.97 Å². The highest BCUT2D eigenvalue weighted by Gasteiger charge is 2.23. The molecule has 0 unspecified atom stereocenters. The quantitative estimate of drug-likeness (QED) is 0.352. The predicted molar refractivity (Wildman–Crippen MR) is 106 cm³/mol. The van der Waals surface area contributed by atoms with Gasteiger partial charge in [0, 0.05) is 28.6 Å². The van der Waals surface area contributed by atoms with Gasteiger partial charge < -0.3 is 19.3 Å². The molecule has 0 fully saturated rings. The molecule has 0 bridgehead atoms. The van der Waals surface area contributed by atoms with E-state index in [9.17, 15) is 24.8 Å². The van der Waals surface area contributed by atoms with Crippen LogP contribution in [-0.2, 0) is 29.2 Å². The van der Waals surface area contributed by atoms with Crippen molar-refractivity contribution in [3.8, 4) is 5.75 Å². The molecule has 0 spiro atoms. The largest absolute Gasteiger partial charge is 0.467 e. The highest BCUT2D eigenvalue weighted by Crippen LogP contribution is 2.33. The molecule has 0 saturated heterocycles. The van der Waals surface area contributed by atoms with Crippen LogP contribution in [0.3, 0.4) is 0 Å². The average molecular weight is 427 g/mol. The van der Waals surface area contributed by atoms with Gasteiger partial charge in [0.2, 0.25) is 0 Å². The molecule has 0 radical (unpaired) electrons. The van der Waals surface area contributed by atoms with Gasteiger partial charge in [-0.3, -0.25) is 14.9 Å². The van der Waals surface area contributed by atoms with Crippen LogP contribution in [0.5, 0.6) is 5.75 Å². The monoisotopic (exact) mass is 427 g/mol. The van der Waals surface area contributed by atoms with Crippen molar-refractivity contribution in [1.29, 1.82) is 0 Å². The number of esters is 1. The number of ether oxygens (including phenoxy) is 3. The minimum absolute atomic E-state index is 0.0237. The van der Waals surface area contributed by atoms with Gasteiger partial charge in [-0.1, -0.05) is 18.2 Å². The number of rotatable bonds is 6. The maximum atomic E-state index is 12.8. The zero-order valence-electron chi connectivity index (χ0n) is 16.1. The van der Waals surface area contributed by atoms with E-state index in [2.05, 4.69) is 5.10 Å². The van der Waals surface area contributed by atoms with Crippen molar-refractivity contribution in [3.05, 3.63) is 73.7 Å². The van der Waals surface area contributed by atoms with E-state index in [0.717, 1.165) is 4.68 Å². The first-order valence-electron chi connectivity index (χ1n) is 9.28. The van der Waals surface area contributed by atoms with E-state index < -0.39 is 16.5 Å². The Morgan fingerprint density at radius 2 is 2.06 bits per heavy atom. The van der Waals surface area contributed by atoms with Crippen LogP contribution in [0.2, 0.25) is 0 Å². The van der Waals surface area contributed by atoms with Gasteiger partial charge in [0.25, 0.3) is 11.2 Å². The Labute approximate surface area is 174 Å². The highest BCUT2D eigenvalue weighted by atomic mass is 16.7. The fourth-order valence-electron chi connectivity index (χ4n) is 3.34. The van der Waals surface area contributed by atoms with Crippen molar-refractivity contribution in [3.63, 3.8) is 0 Å². The number of carbonyl (C=O) groups excluding carboxylic acids is 1. The second-order valence-corrected chi connectivity index (χ2v) is 6.68. The van der Waals surface area contributed by atoms with Gasteiger partial charge in [-0.15, -0.1) is 0 Å². The van der Waals surface area contributed by atoms with E-state index in [-0.39, 0.29) is 49.9 Å². The second-order valence-electron chi connectivity index (χ2n) is 6.68. The van der Waals surface area contributed by atoms with Crippen molar-refractivity contribution < 1.29 is 29.0 Å². The van der Waals surface area contributed by atoms with E-state index in [1.165, 1.54) is 12.1 Å². The first-order chi connectivity index (χ1) is 15.0. The van der Waals surface area contributed by atoms with Crippen molar-refractivity contribution >= 4 is 22.4 Å². The number of nitro benzene ring substituents is 1. The molecule has 31 heavy (non-hydrogen) atoms. The molecule has 0 saturated carbocycles. The molecular formula is C20H17N3O8. The third-order valence-corrected chi connectivity index (χ3v) is 4.71. The lowest BCUT2D eigenvalue weighted by molar-refractivity contribution is -0.385. The van der Waals surface area contributed by atoms with Crippen LogP contribution < -0.4 is 10.3 Å². The summed E-state index contributed by atoms with van der Waals surface area (Å²) in [6, 6.07) is 9.04. The molecule has 0 aliphatic carbocycles. The number of hydrogen-bond donors (Lipinski definition) is 1. The zero-order valence-corrected chi connectivity index (χ0v) is 16.1. The minimum Gasteiger partial charge on any atom is -0.467 e. The summed E-state index contributed by atoms with van der Waals surface area (Å²) >= 11 is 0. The molecule has 160 valence electrons. The van der Waals surface area contributed by atoms with Crippen LogP contribution >= 0.6 is 0 Å². The standard InChI is InChI=1S/C20H17N3O8/c24-6-5-22-19(25)16-4-2-1-3-15(16)17(21-22)20(26)30-10-13-8-14(23(27)28)7-12-9-29-11-31-18(12)13/h1-4,7-8,24H,5-6,9-11H2. The molecule has 2 aromatic carbocycles. The number of fused-ring (bicyclic) bond motifs is 2. The van der Waals surface area contributed by atoms with Crippen molar-refractivity contribution in [2.24, 2.45) is 0 Å². The zero-order chi connectivity index (χ0) is 22.0. The number of nitrogens with zero attached hydrogens (tertiary/aromatic N) is 3. The normalized spacial score (nSPS) is 12.8. The number of benzene rings is 2. The average Bonchev–Trinajstić information content (AvgIpc) is 2.79. The van der Waals surface area contributed by atoms with E-state index >= 15 is 0 Å². The van der Waals surface area contributed by atoms with Crippen LogP contribution in [0, 0.1) is 10.1 Å². The lowest BCUT2D eigenvalue weighted by Crippen LogP contribution is -2.27. The Morgan fingerprint density at radius 3 is 2.81 bits per heavy atom. The van der Waals surface area contributed by atoms with Crippen LogP contribution in [0.4, 0.5) is 5.69 Å². The maximum Gasteiger partial charge on any atom is 0.359 e. The summed E-state index contributed by atoms with van der Waals surface area (Å²) in [4.78, 5) is 36.0. The number of aliphatic hydroxyl groups excluding tert-OH is 1. The molecular weight excluding hydrogens is 410 g/mol. The number of non-ortho nitro benzene ring substituents is 1. The summed E-state index contributed by atoms with van der Waals surface area (Å²) in [5, 5.41) is 25.0. The lowest BCUT2D eigenvalue weighted by atomic mass is 10.1. The van der Waals surface area contributed by atoms with Gasteiger partial charge in [-0.2, -0.15) is 5.10 Å². The van der Waals surface area contributed by atoms with Crippen LogP contribution in [0.15, 0.2) is 41.2 Å². The van der Waals surface area contributed by atoms with E-state index in [4.69, 9.17) is 14.2 Å². The van der Waals surface area contributed by atoms with Crippen LogP contribution in [-0.4, -0.2) is 39.2 Å². The Kier molecular flexibility index (Phi) is 5.60. The maximum absolute atomic E-state index is 12.8. The summed E-state index contributed by atoms with van der Waals surface area (Å²) in [7, 11) is 0. The molecule has 1 aliphatic heterocycles. The fourth-order valence-corrected chi connectivity index (χ4v) is 3.34. The first kappa shape index (κ1) is 20.4. The molecule has 0 amide bonds. The Hall–Kier alpha value is -3.83. The summed E-state index contributed by atoms with van der Waals surface area (Å²) in [6.07, 6.45) is 0. The third kappa shape index (κ3) is 3.96. The van der Waals surface area contributed by atoms with Gasteiger partial charge in [-0.25, -0.2) is 9.48 Å². The van der Waals surface area contributed by atoms with Crippen molar-refractivity contribution in [2.75, 3.05) is 13.4 Å². The lowest BCUT2D eigenvalue weighted by Gasteiger charge is -2.20. The second kappa shape index (κ2) is 8.50. The molecule has 11 heteroatoms. The fraction of sp³-hybridized carbons (Fsp3) is 0.250. The highest BCUT2D eigenvalue weighted by molar-refractivity contribution is 6.02. The van der Waals surface area contributed by atoms with Gasteiger partial charge in [0.05, 0.1) is 30.1 Å². The van der Waals surface area contributed by atoms with Crippen LogP contribution in [0.25, 0.3) is 10.8 Å². The molecule has 0 atom stereocenters. The third-order valence-electron chi connectivity index (χ3n) is 4.71. The number of aromatic nitrogens is 2. The Bertz CT molecular complexity index is 1240. The van der Waals surface area contributed by atoms with Crippen molar-refractivity contribution in [2.45, 2.75) is 19.8 Å². The number of hydrogen-bond acceptors (Lipinski definition) is 9. The molecule has 3 aromatic rings. The Balaban J connectivity index is 1.68. The molecule has 2 heterocycles. The van der Waals surface area contributed by atoms with Crippen LogP contribution in [0.1, 0.15) is 21.6 Å². The molecule has 1 aromatic heterocycles. The number of carbonyl (C=O) groups is 1. The van der Waals surface area contributed by atoms with Gasteiger partial charge in [0.15, 0.2) is 12.5 Å². The van der Waals surface area contributed by atoms with Gasteiger partial charge in [-0.05, 0) is 6.07 Å². The first-order valence-corrected chi connectivity index (χ1v) is 9.28. The SMILES string of the molecule is O=C(OCc1cc([N+](=O)[O-])cc2c1OCOC2)c1nn(CCO)c(=O)c2ccccc12. The summed E-state index contributed by atoms with van der Waals surface area (Å²) in [5.74, 6) is -0.456. The molecule has 11 nitrogen and oxygen atoms in total. The Morgan fingerprint density at radius 1 is 1.29 bits per heavy atom. The predicted octanol–water partition coefficient (Wildman–Crippen LogP) is 1.52. The molecule has 1 aliphatic rings. The van der Waals surface area contributed by atoms with E-state index in [1.807, 2.05) is 0 Å². The molecule has 1 N–H and O–H groups in total. The van der Waals surface area contributed by atoms with E-state index in [1.54, 1.807) is 24.3 Å². The summed E-state index contributed by atoms with van der Waals surface area (Å²) < 4.78 is 17.0. The summed E-state index contributed by atoms with van der Waals surface area (Å²) in [6.45, 7) is -0.618. The number of nitro groups is 1. The van der Waals surface area contributed by atoms with Gasteiger partial charge in [0.1, 0.15) is 12.4 Å². The van der Waals surface area contributed by atoms with E-state index in [0.29, 0.717) is 22.3 Å². The molecule has 4 rings (SSSR count). The summed E-state index contributed by atoms with van der Waals surface area (Å²) in [5.41, 5.74) is 0.0638. The van der Waals surface area contributed by atoms with Crippen molar-refractivity contribution in [1.82, 2.24) is 9.78 Å². The topological polar surface area (TPSA) is 143 Å². The minimum atomic E-state index is -0.824. The smallest absolute Gasteiger partial charge is 0.359 e. The number of aliphatic hydroxyl groups is 1.